The molecule has 25 heavy (non-hydrogen) atoms. The maximum atomic E-state index is 11.7. The molecule has 6 atom stereocenters. The van der Waals surface area contributed by atoms with Crippen molar-refractivity contribution < 1.29 is 60.6 Å². The van der Waals surface area contributed by atoms with Crippen LogP contribution in [0.5, 0.6) is 0 Å². The molecular weight excluding hydrogens is 428 g/mol. The molecule has 6 unspecified atom stereocenters. The third-order valence-electron chi connectivity index (χ3n) is 3.20. The molecule has 0 amide bonds. The van der Waals surface area contributed by atoms with Gasteiger partial charge in [0.05, 0.1) is 12.6 Å². The van der Waals surface area contributed by atoms with Crippen molar-refractivity contribution in [2.45, 2.75) is 30.7 Å². The van der Waals surface area contributed by atoms with Crippen molar-refractivity contribution >= 4 is 48.8 Å². The molecule has 0 radical (unpaired) electrons. The van der Waals surface area contributed by atoms with E-state index in [9.17, 15) is 18.6 Å². The Morgan fingerprint density at radius 1 is 1.16 bits per heavy atom. The minimum atomic E-state index is -5.58. The number of hydrogen-bond acceptors (Lipinski definition) is 10. The van der Waals surface area contributed by atoms with E-state index >= 15 is 0 Å². The predicted octanol–water partition coefficient (Wildman–Crippen LogP) is -0.853. The van der Waals surface area contributed by atoms with Gasteiger partial charge < -0.3 is 33.8 Å². The second-order valence-corrected chi connectivity index (χ2v) is 10.1. The lowest BCUT2D eigenvalue weighted by Crippen LogP contribution is -2.43. The average molecular weight is 442 g/mol. The Balaban J connectivity index is 2.02. The zero-order chi connectivity index (χ0) is 19.3. The lowest BCUT2D eigenvalue weighted by Gasteiger charge is -2.28. The third-order valence-corrected chi connectivity index (χ3v) is 7.18. The monoisotopic (exact) mass is 442 g/mol. The Morgan fingerprint density at radius 3 is 2.32 bits per heavy atom. The quantitative estimate of drug-likeness (QED) is 0.217. The van der Waals surface area contributed by atoms with E-state index in [0.29, 0.717) is 0 Å². The second kappa shape index (κ2) is 6.94. The van der Waals surface area contributed by atoms with Crippen LogP contribution in [0.15, 0.2) is 0 Å². The van der Waals surface area contributed by atoms with Gasteiger partial charge in [-0.3, -0.25) is 4.52 Å². The molecule has 2 rings (SSSR count). The minimum absolute atomic E-state index is 0.130. The van der Waals surface area contributed by atoms with Gasteiger partial charge in [0.15, 0.2) is 12.2 Å². The largest absolute Gasteiger partial charge is 0.490 e. The van der Waals surface area contributed by atoms with Gasteiger partial charge in [-0.25, -0.2) is 13.7 Å². The Labute approximate surface area is 147 Å². The molecule has 0 saturated carbocycles. The Bertz CT molecular complexity index is 695. The molecule has 2 saturated heterocycles. The normalized spacial score (nSPS) is 36.8. The molecule has 2 aliphatic rings. The van der Waals surface area contributed by atoms with Crippen LogP contribution in [-0.4, -0.2) is 63.1 Å². The number of phosphoric ester groups is 1. The smallest absolute Gasteiger partial charge is 0.448 e. The SMILES string of the molecule is BC1OC(C)(COP(=O)(O)OP(=O)(O)OP(=O)(O)O)C2OC(=S)OC12. The van der Waals surface area contributed by atoms with Gasteiger partial charge in [0.25, 0.3) is 0 Å². The summed E-state index contributed by atoms with van der Waals surface area (Å²) >= 11 is 4.78. The van der Waals surface area contributed by atoms with Crippen LogP contribution in [0.2, 0.25) is 0 Å². The molecule has 0 aromatic carbocycles. The summed E-state index contributed by atoms with van der Waals surface area (Å²) in [4.78, 5) is 35.5. The number of hydrogen-bond donors (Lipinski definition) is 4. The van der Waals surface area contributed by atoms with Gasteiger partial charge in [0, 0.05) is 12.2 Å². The number of thiocarbonyl (C=S) groups is 1. The molecular formula is C7H14BO13P3S. The summed E-state index contributed by atoms with van der Waals surface area (Å²) in [5, 5.41) is -0.130. The van der Waals surface area contributed by atoms with E-state index in [4.69, 9.17) is 41.1 Å². The van der Waals surface area contributed by atoms with Crippen LogP contribution in [0, 0.1) is 0 Å². The van der Waals surface area contributed by atoms with Crippen LogP contribution in [0.3, 0.4) is 0 Å². The minimum Gasteiger partial charge on any atom is -0.448 e. The van der Waals surface area contributed by atoms with Crippen molar-refractivity contribution in [1.82, 2.24) is 0 Å². The highest BCUT2D eigenvalue weighted by molar-refractivity contribution is 7.79. The van der Waals surface area contributed by atoms with Gasteiger partial charge in [-0.05, 0) is 6.92 Å². The van der Waals surface area contributed by atoms with Gasteiger partial charge in [-0.2, -0.15) is 8.62 Å². The Hall–Kier alpha value is 0.125. The molecule has 0 aromatic rings. The van der Waals surface area contributed by atoms with Crippen molar-refractivity contribution in [3.63, 3.8) is 0 Å². The molecule has 18 heteroatoms. The highest BCUT2D eigenvalue weighted by Gasteiger charge is 2.58. The first-order valence-electron chi connectivity index (χ1n) is 6.46. The van der Waals surface area contributed by atoms with E-state index in [0.717, 1.165) is 0 Å². The van der Waals surface area contributed by atoms with Crippen LogP contribution >= 0.6 is 35.7 Å². The molecule has 13 nitrogen and oxygen atoms in total. The van der Waals surface area contributed by atoms with E-state index in [2.05, 4.69) is 13.1 Å². The molecule has 0 spiro atoms. The number of fused-ring (bicyclic) bond motifs is 1. The van der Waals surface area contributed by atoms with Crippen LogP contribution < -0.4 is 0 Å². The molecule has 2 aliphatic heterocycles. The standard InChI is InChI=1S/C7H14BO13P3S/c1-7(4-3(5(8)19-7)17-6(25)18-4)2-16-23(12,13)21-24(14,15)20-22(9,10)11/h3-5H,2,8H2,1H3,(H,12,13)(H,14,15)(H2,9,10,11). The van der Waals surface area contributed by atoms with Gasteiger partial charge in [-0.1, -0.05) is 0 Å². The summed E-state index contributed by atoms with van der Waals surface area (Å²) < 4.78 is 61.4. The van der Waals surface area contributed by atoms with Crippen molar-refractivity contribution in [3.05, 3.63) is 0 Å². The fourth-order valence-corrected chi connectivity index (χ4v) is 5.70. The van der Waals surface area contributed by atoms with E-state index < -0.39 is 53.9 Å². The summed E-state index contributed by atoms with van der Waals surface area (Å²) in [6, 6.07) is -0.500. The molecule has 0 bridgehead atoms. The summed E-state index contributed by atoms with van der Waals surface area (Å²) in [6.45, 7) is 0.796. The van der Waals surface area contributed by atoms with E-state index in [-0.39, 0.29) is 5.24 Å². The van der Waals surface area contributed by atoms with Crippen molar-refractivity contribution in [3.8, 4) is 0 Å². The maximum Gasteiger partial charge on any atom is 0.490 e. The Kier molecular flexibility index (Phi) is 5.95. The van der Waals surface area contributed by atoms with Crippen LogP contribution in [0.1, 0.15) is 6.92 Å². The van der Waals surface area contributed by atoms with Crippen LogP contribution in [-0.2, 0) is 41.1 Å². The third kappa shape index (κ3) is 5.55. The zero-order valence-electron chi connectivity index (χ0n) is 12.7. The predicted molar refractivity (Wildman–Crippen MR) is 84.0 cm³/mol. The maximum absolute atomic E-state index is 11.7. The van der Waals surface area contributed by atoms with E-state index in [1.807, 2.05) is 0 Å². The highest BCUT2D eigenvalue weighted by atomic mass is 32.1. The first kappa shape index (κ1) is 21.4. The molecule has 0 aliphatic carbocycles. The first-order chi connectivity index (χ1) is 11.1. The number of rotatable bonds is 7. The van der Waals surface area contributed by atoms with Crippen LogP contribution in [0.4, 0.5) is 0 Å². The van der Waals surface area contributed by atoms with Crippen molar-refractivity contribution in [2.24, 2.45) is 0 Å². The molecule has 2 fully saturated rings. The van der Waals surface area contributed by atoms with Crippen molar-refractivity contribution in [2.75, 3.05) is 6.61 Å². The summed E-state index contributed by atoms with van der Waals surface area (Å²) in [6.07, 6.45) is -1.36. The fraction of sp³-hybridized carbons (Fsp3) is 0.857. The van der Waals surface area contributed by atoms with Crippen molar-refractivity contribution in [1.29, 1.82) is 0 Å². The summed E-state index contributed by atoms with van der Waals surface area (Å²) in [7, 11) is -14.7. The van der Waals surface area contributed by atoms with Gasteiger partial charge in [0.2, 0.25) is 0 Å². The number of ether oxygens (including phenoxy) is 3. The van der Waals surface area contributed by atoms with Gasteiger partial charge in [0.1, 0.15) is 13.4 Å². The molecule has 4 N–H and O–H groups in total. The van der Waals surface area contributed by atoms with Crippen LogP contribution in [0.25, 0.3) is 0 Å². The van der Waals surface area contributed by atoms with Gasteiger partial charge in [-0.15, -0.1) is 0 Å². The van der Waals surface area contributed by atoms with E-state index in [1.54, 1.807) is 7.85 Å². The molecule has 2 heterocycles. The highest BCUT2D eigenvalue weighted by Crippen LogP contribution is 2.66. The lowest BCUT2D eigenvalue weighted by atomic mass is 9.90. The topological polar surface area (TPSA) is 188 Å². The Morgan fingerprint density at radius 2 is 1.76 bits per heavy atom. The fourth-order valence-electron chi connectivity index (χ4n) is 2.37. The summed E-state index contributed by atoms with van der Waals surface area (Å²) in [5.74, 6) is 0. The number of phosphoric acid groups is 3. The summed E-state index contributed by atoms with van der Waals surface area (Å²) in [5.41, 5.74) is -1.32. The molecule has 144 valence electrons. The average Bonchev–Trinajstić information content (AvgIpc) is 2.83. The van der Waals surface area contributed by atoms with Gasteiger partial charge >= 0.3 is 28.7 Å². The van der Waals surface area contributed by atoms with E-state index in [1.165, 1.54) is 6.92 Å². The first-order valence-corrected chi connectivity index (χ1v) is 11.4. The second-order valence-electron chi connectivity index (χ2n) is 5.37. The lowest BCUT2D eigenvalue weighted by molar-refractivity contribution is -0.0787. The zero-order valence-corrected chi connectivity index (χ0v) is 16.2. The molecule has 0 aromatic heterocycles.